The quantitative estimate of drug-likeness (QED) is 0.436. The van der Waals surface area contributed by atoms with Gasteiger partial charge in [0, 0.05) is 75.4 Å². The summed E-state index contributed by atoms with van der Waals surface area (Å²) in [7, 11) is 1.97. The molecule has 0 bridgehead atoms. The van der Waals surface area contributed by atoms with Crippen molar-refractivity contribution in [2.75, 3.05) is 69.7 Å². The highest BCUT2D eigenvalue weighted by Crippen LogP contribution is 2.34. The lowest BCUT2D eigenvalue weighted by atomic mass is 10.0. The summed E-state index contributed by atoms with van der Waals surface area (Å²) in [6.45, 7) is 5.94. The van der Waals surface area contributed by atoms with Gasteiger partial charge < -0.3 is 24.8 Å². The van der Waals surface area contributed by atoms with Gasteiger partial charge in [-0.15, -0.1) is 0 Å². The SMILES string of the molecule is CN1CCN(c2ncc(-c3cc(CN4CCOCC4)ccc3F)cc2NC(=O)c2c[nH]c(=O)cc2C(F)(F)F)CC1. The molecule has 5 rings (SSSR count). The fourth-order valence-corrected chi connectivity index (χ4v) is 4.96. The first-order valence-corrected chi connectivity index (χ1v) is 13.2. The number of ether oxygens (including phenoxy) is 1. The maximum atomic E-state index is 15.1. The van der Waals surface area contributed by atoms with Crippen LogP contribution in [0, 0.1) is 5.82 Å². The van der Waals surface area contributed by atoms with Crippen LogP contribution >= 0.6 is 0 Å². The molecule has 13 heteroatoms. The normalized spacial score (nSPS) is 17.0. The number of anilines is 2. The smallest absolute Gasteiger partial charge is 0.379 e. The molecule has 0 radical (unpaired) electrons. The van der Waals surface area contributed by atoms with E-state index in [2.05, 4.69) is 25.1 Å². The Morgan fingerprint density at radius 2 is 1.80 bits per heavy atom. The summed E-state index contributed by atoms with van der Waals surface area (Å²) in [5, 5.41) is 2.55. The van der Waals surface area contributed by atoms with Gasteiger partial charge in [0.05, 0.1) is 30.0 Å². The summed E-state index contributed by atoms with van der Waals surface area (Å²) in [6.07, 6.45) is -2.69. The van der Waals surface area contributed by atoms with Gasteiger partial charge in [0.1, 0.15) is 5.82 Å². The van der Waals surface area contributed by atoms with Gasteiger partial charge >= 0.3 is 6.18 Å². The van der Waals surface area contributed by atoms with E-state index < -0.39 is 34.6 Å². The van der Waals surface area contributed by atoms with Crippen LogP contribution < -0.4 is 15.8 Å². The van der Waals surface area contributed by atoms with E-state index in [1.165, 1.54) is 18.3 Å². The topological polar surface area (TPSA) is 93.8 Å². The third-order valence-electron chi connectivity index (χ3n) is 7.24. The number of aromatic nitrogens is 2. The molecular weight excluding hydrogens is 544 g/mol. The van der Waals surface area contributed by atoms with Crippen molar-refractivity contribution in [3.8, 4) is 11.1 Å². The molecule has 2 aliphatic heterocycles. The molecule has 2 aliphatic rings. The fraction of sp³-hybridized carbons (Fsp3) is 0.393. The standard InChI is InChI=1S/C28H30F4N6O3/c1-36-4-6-38(7-5-36)26-24(35-27(40)21-16-33-25(39)14-22(21)28(30,31)32)13-19(15-34-26)20-12-18(2-3-23(20)29)17-37-8-10-41-11-9-37/h2-3,12-16H,4-11,17H2,1H3,(H,33,39)(H,35,40). The van der Waals surface area contributed by atoms with Gasteiger partial charge in [0.15, 0.2) is 5.82 Å². The summed E-state index contributed by atoms with van der Waals surface area (Å²) in [5.41, 5.74) is -1.46. The van der Waals surface area contributed by atoms with Crippen molar-refractivity contribution in [2.45, 2.75) is 12.7 Å². The molecule has 0 aliphatic carbocycles. The predicted octanol–water partition coefficient (Wildman–Crippen LogP) is 3.43. The zero-order valence-corrected chi connectivity index (χ0v) is 22.4. The second-order valence-electron chi connectivity index (χ2n) is 10.2. The van der Waals surface area contributed by atoms with E-state index in [-0.39, 0.29) is 11.3 Å². The van der Waals surface area contributed by atoms with Crippen LogP contribution in [0.2, 0.25) is 0 Å². The highest BCUT2D eigenvalue weighted by Gasteiger charge is 2.36. The number of nitrogens with one attached hydrogen (secondary N) is 2. The minimum Gasteiger partial charge on any atom is -0.379 e. The molecule has 2 fully saturated rings. The number of H-pyrrole nitrogens is 1. The highest BCUT2D eigenvalue weighted by molar-refractivity contribution is 6.07. The van der Waals surface area contributed by atoms with Gasteiger partial charge in [-0.25, -0.2) is 9.37 Å². The number of hydrogen-bond acceptors (Lipinski definition) is 7. The first kappa shape index (κ1) is 28.7. The summed E-state index contributed by atoms with van der Waals surface area (Å²) < 4.78 is 61.5. The highest BCUT2D eigenvalue weighted by atomic mass is 19.4. The lowest BCUT2D eigenvalue weighted by Gasteiger charge is -2.34. The van der Waals surface area contributed by atoms with Crippen molar-refractivity contribution in [1.29, 1.82) is 0 Å². The molecule has 1 amide bonds. The molecule has 0 spiro atoms. The Kier molecular flexibility index (Phi) is 8.38. The first-order valence-electron chi connectivity index (χ1n) is 13.2. The van der Waals surface area contributed by atoms with Crippen LogP contribution in [0.3, 0.4) is 0 Å². The van der Waals surface area contributed by atoms with Crippen LogP contribution in [-0.4, -0.2) is 85.2 Å². The first-order chi connectivity index (χ1) is 19.6. The van der Waals surface area contributed by atoms with Crippen molar-refractivity contribution < 1.29 is 27.1 Å². The Labute approximate surface area is 233 Å². The molecule has 1 aromatic carbocycles. The number of piperazine rings is 1. The van der Waals surface area contributed by atoms with E-state index in [4.69, 9.17) is 4.74 Å². The van der Waals surface area contributed by atoms with Crippen molar-refractivity contribution in [3.63, 3.8) is 0 Å². The Hall–Kier alpha value is -3.81. The number of benzene rings is 1. The molecular formula is C28H30F4N6O3. The Balaban J connectivity index is 1.51. The second kappa shape index (κ2) is 12.0. The van der Waals surface area contributed by atoms with Crippen LogP contribution in [0.5, 0.6) is 0 Å². The fourth-order valence-electron chi connectivity index (χ4n) is 4.96. The van der Waals surface area contributed by atoms with Crippen molar-refractivity contribution in [1.82, 2.24) is 19.8 Å². The van der Waals surface area contributed by atoms with Crippen molar-refractivity contribution in [2.24, 2.45) is 0 Å². The predicted molar refractivity (Wildman–Crippen MR) is 145 cm³/mol. The number of amides is 1. The van der Waals surface area contributed by atoms with Gasteiger partial charge in [-0.05, 0) is 30.8 Å². The van der Waals surface area contributed by atoms with Crippen LogP contribution in [0.25, 0.3) is 11.1 Å². The lowest BCUT2D eigenvalue weighted by Crippen LogP contribution is -2.45. The molecule has 2 N–H and O–H groups in total. The molecule has 2 saturated heterocycles. The van der Waals surface area contributed by atoms with Crippen LogP contribution in [0.4, 0.5) is 29.1 Å². The number of carbonyl (C=O) groups is 1. The van der Waals surface area contributed by atoms with E-state index in [9.17, 15) is 22.8 Å². The van der Waals surface area contributed by atoms with Crippen LogP contribution in [0.1, 0.15) is 21.5 Å². The molecule has 4 heterocycles. The number of carbonyl (C=O) groups excluding carboxylic acids is 1. The number of nitrogens with zero attached hydrogens (tertiary/aromatic N) is 4. The summed E-state index contributed by atoms with van der Waals surface area (Å²) in [6, 6.07) is 6.66. The molecule has 0 saturated carbocycles. The third-order valence-corrected chi connectivity index (χ3v) is 7.24. The molecule has 41 heavy (non-hydrogen) atoms. The van der Waals surface area contributed by atoms with Crippen molar-refractivity contribution >= 4 is 17.4 Å². The zero-order chi connectivity index (χ0) is 29.1. The van der Waals surface area contributed by atoms with Gasteiger partial charge in [0.25, 0.3) is 5.91 Å². The summed E-state index contributed by atoms with van der Waals surface area (Å²) in [4.78, 5) is 37.7. The molecule has 0 atom stereocenters. The Bertz CT molecular complexity index is 1460. The van der Waals surface area contributed by atoms with Gasteiger partial charge in [0.2, 0.25) is 5.56 Å². The Morgan fingerprint density at radius 3 is 2.51 bits per heavy atom. The minimum absolute atomic E-state index is 0.134. The van der Waals surface area contributed by atoms with Crippen LogP contribution in [-0.2, 0) is 17.5 Å². The van der Waals surface area contributed by atoms with Gasteiger partial charge in [-0.3, -0.25) is 14.5 Å². The maximum absolute atomic E-state index is 15.1. The number of morpholine rings is 1. The second-order valence-corrected chi connectivity index (χ2v) is 10.2. The van der Waals surface area contributed by atoms with E-state index >= 15 is 4.39 Å². The van der Waals surface area contributed by atoms with E-state index in [1.54, 1.807) is 12.1 Å². The lowest BCUT2D eigenvalue weighted by molar-refractivity contribution is -0.138. The third kappa shape index (κ3) is 6.75. The number of rotatable bonds is 6. The number of hydrogen-bond donors (Lipinski definition) is 2. The Morgan fingerprint density at radius 1 is 1.07 bits per heavy atom. The molecule has 3 aromatic rings. The largest absolute Gasteiger partial charge is 0.417 e. The molecule has 2 aromatic heterocycles. The van der Waals surface area contributed by atoms with Gasteiger partial charge in [-0.1, -0.05) is 6.07 Å². The number of aromatic amines is 1. The van der Waals surface area contributed by atoms with Crippen molar-refractivity contribution in [3.05, 3.63) is 75.6 Å². The average Bonchev–Trinajstić information content (AvgIpc) is 2.94. The molecule has 0 unspecified atom stereocenters. The minimum atomic E-state index is -4.93. The van der Waals surface area contributed by atoms with E-state index in [1.807, 2.05) is 11.9 Å². The molecule has 218 valence electrons. The number of likely N-dealkylation sites (N-methyl/N-ethyl adjacent to an activating group) is 1. The zero-order valence-electron chi connectivity index (χ0n) is 22.4. The van der Waals surface area contributed by atoms with Gasteiger partial charge in [-0.2, -0.15) is 13.2 Å². The average molecular weight is 575 g/mol. The summed E-state index contributed by atoms with van der Waals surface area (Å²) >= 11 is 0. The van der Waals surface area contributed by atoms with E-state index in [0.717, 1.165) is 24.8 Å². The maximum Gasteiger partial charge on any atom is 0.417 e. The van der Waals surface area contributed by atoms with E-state index in [0.29, 0.717) is 63.4 Å². The monoisotopic (exact) mass is 574 g/mol. The number of pyridine rings is 2. The summed E-state index contributed by atoms with van der Waals surface area (Å²) in [5.74, 6) is -1.22. The molecule has 9 nitrogen and oxygen atoms in total. The number of halogens is 4. The van der Waals surface area contributed by atoms with Crippen LogP contribution in [0.15, 0.2) is 47.5 Å². The number of alkyl halides is 3.